The van der Waals surface area contributed by atoms with Gasteiger partial charge in [0.1, 0.15) is 28.4 Å². The number of benzene rings is 4. The summed E-state index contributed by atoms with van der Waals surface area (Å²) in [6, 6.07) is 33.9. The van der Waals surface area contributed by atoms with Gasteiger partial charge in [0.25, 0.3) is 5.91 Å². The Balaban J connectivity index is 0.983. The molecule has 1 amide bonds. The smallest absolute Gasteiger partial charge is 0.251 e. The molecule has 0 aliphatic carbocycles. The van der Waals surface area contributed by atoms with Crippen LogP contribution < -0.4 is 5.32 Å². The van der Waals surface area contributed by atoms with E-state index in [0.29, 0.717) is 58.1 Å². The van der Waals surface area contributed by atoms with Crippen LogP contribution >= 0.6 is 0 Å². The predicted octanol–water partition coefficient (Wildman–Crippen LogP) is 8.97. The highest BCUT2D eigenvalue weighted by Crippen LogP contribution is 2.43. The van der Waals surface area contributed by atoms with E-state index >= 15 is 0 Å². The fourth-order valence-electron chi connectivity index (χ4n) is 7.76. The summed E-state index contributed by atoms with van der Waals surface area (Å²) in [5.41, 5.74) is 8.27. The van der Waals surface area contributed by atoms with Gasteiger partial charge in [-0.15, -0.1) is 0 Å². The molecule has 0 spiro atoms. The first-order chi connectivity index (χ1) is 27.4. The maximum absolute atomic E-state index is 13.2. The van der Waals surface area contributed by atoms with Crippen LogP contribution in [0.15, 0.2) is 137 Å². The number of hydrogen-bond donors (Lipinski definition) is 3. The van der Waals surface area contributed by atoms with Crippen molar-refractivity contribution in [1.29, 1.82) is 0 Å². The Kier molecular flexibility index (Phi) is 9.24. The summed E-state index contributed by atoms with van der Waals surface area (Å²) in [7, 11) is 0. The molecule has 1 fully saturated rings. The molecule has 2 unspecified atom stereocenters. The van der Waals surface area contributed by atoms with Gasteiger partial charge in [-0.2, -0.15) is 0 Å². The highest BCUT2D eigenvalue weighted by atomic mass is 16.3. The van der Waals surface area contributed by atoms with E-state index in [1.807, 2.05) is 54.6 Å². The van der Waals surface area contributed by atoms with Gasteiger partial charge in [-0.25, -0.2) is 9.97 Å². The number of pyridine rings is 1. The Morgan fingerprint density at radius 2 is 1.73 bits per heavy atom. The first-order valence-corrected chi connectivity index (χ1v) is 18.8. The van der Waals surface area contributed by atoms with Gasteiger partial charge in [-0.05, 0) is 97.6 Å². The number of aryl methyl sites for hydroxylation is 1. The second-order valence-electron chi connectivity index (χ2n) is 14.4. The molecule has 1 saturated heterocycles. The van der Waals surface area contributed by atoms with Crippen molar-refractivity contribution >= 4 is 27.8 Å². The minimum atomic E-state index is -0.318. The summed E-state index contributed by atoms with van der Waals surface area (Å²) < 4.78 is 12.1. The lowest BCUT2D eigenvalue weighted by atomic mass is 9.94. The van der Waals surface area contributed by atoms with E-state index in [1.54, 1.807) is 49.1 Å². The number of phenolic OH excluding ortho intramolecular Hbond substituents is 2. The van der Waals surface area contributed by atoms with Crippen LogP contribution in [0.1, 0.15) is 56.6 Å². The van der Waals surface area contributed by atoms with Crippen LogP contribution in [-0.4, -0.2) is 55.6 Å². The van der Waals surface area contributed by atoms with Crippen LogP contribution in [-0.2, 0) is 6.42 Å². The molecular formula is C46H39N5O5. The second kappa shape index (κ2) is 14.8. The molecule has 4 aromatic heterocycles. The minimum absolute atomic E-state index is 0.126. The van der Waals surface area contributed by atoms with Gasteiger partial charge in [0, 0.05) is 41.7 Å². The molecule has 3 N–H and O–H groups in total. The zero-order chi connectivity index (χ0) is 38.2. The maximum Gasteiger partial charge on any atom is 0.251 e. The average molecular weight is 742 g/mol. The molecule has 10 nitrogen and oxygen atoms in total. The number of rotatable bonds is 10. The Labute approximate surface area is 323 Å². The summed E-state index contributed by atoms with van der Waals surface area (Å²) in [4.78, 5) is 29.9. The number of fused-ring (bicyclic) bond motifs is 2. The second-order valence-corrected chi connectivity index (χ2v) is 14.4. The van der Waals surface area contributed by atoms with Gasteiger partial charge in [0.15, 0.2) is 11.5 Å². The largest absolute Gasteiger partial charge is 0.508 e. The average Bonchev–Trinajstić information content (AvgIpc) is 4.03. The Bertz CT molecular complexity index is 2690. The normalized spacial score (nSPS) is 15.1. The van der Waals surface area contributed by atoms with Crippen LogP contribution in [0.4, 0.5) is 0 Å². The van der Waals surface area contributed by atoms with Crippen LogP contribution in [0.25, 0.3) is 44.8 Å². The summed E-state index contributed by atoms with van der Waals surface area (Å²) in [5.74, 6) is 1.34. The van der Waals surface area contributed by atoms with Gasteiger partial charge in [-0.3, -0.25) is 14.7 Å². The van der Waals surface area contributed by atoms with Gasteiger partial charge in [0.05, 0.1) is 29.6 Å². The standard InChI is InChI=1S/C46H39N5O5/c1-28-9-11-29(12-10-28)17-20-48-46(54)32-14-16-37-38(24-32)50-42(39-8-4-22-55-39)43(49-37)40-25-34(27-56-40)33-18-21-51(26-33)44(31-5-2-7-35(52)23-31)36-15-13-30-6-3-19-47-41(30)45(36)53/h2-16,19,22-25,27,33,44,52-53H,17-18,20-21,26H2,1H3,(H,48,54). The number of aromatic nitrogens is 3. The highest BCUT2D eigenvalue weighted by Gasteiger charge is 2.34. The number of nitrogens with zero attached hydrogens (tertiary/aromatic N) is 4. The van der Waals surface area contributed by atoms with Crippen molar-refractivity contribution in [3.8, 4) is 34.4 Å². The zero-order valence-electron chi connectivity index (χ0n) is 30.7. The monoisotopic (exact) mass is 741 g/mol. The molecule has 2 atom stereocenters. The number of likely N-dealkylation sites (tertiary alicyclic amines) is 1. The van der Waals surface area contributed by atoms with Crippen molar-refractivity contribution in [2.24, 2.45) is 0 Å². The number of carbonyl (C=O) groups is 1. The Morgan fingerprint density at radius 3 is 2.57 bits per heavy atom. The number of aromatic hydroxyl groups is 2. The minimum Gasteiger partial charge on any atom is -0.508 e. The van der Waals surface area contributed by atoms with E-state index < -0.39 is 0 Å². The molecule has 0 bridgehead atoms. The molecule has 0 radical (unpaired) electrons. The van der Waals surface area contributed by atoms with E-state index in [2.05, 4.69) is 46.4 Å². The van der Waals surface area contributed by atoms with Gasteiger partial charge >= 0.3 is 0 Å². The third kappa shape index (κ3) is 6.86. The fourth-order valence-corrected chi connectivity index (χ4v) is 7.76. The fraction of sp³-hybridized carbons (Fsp3) is 0.174. The molecule has 1 aliphatic heterocycles. The Morgan fingerprint density at radius 1 is 0.875 bits per heavy atom. The molecular weight excluding hydrogens is 703 g/mol. The SMILES string of the molecule is Cc1ccc(CCNC(=O)c2ccc3nc(-c4cc(C5CCN(C(c6cccc(O)c6)c6ccc7cccnc7c6O)C5)co4)c(-c4ccco4)nc3c2)cc1. The third-order valence-corrected chi connectivity index (χ3v) is 10.7. The molecule has 9 rings (SSSR count). The lowest BCUT2D eigenvalue weighted by molar-refractivity contribution is 0.0954. The van der Waals surface area contributed by atoms with E-state index in [9.17, 15) is 15.0 Å². The molecule has 4 aromatic carbocycles. The van der Waals surface area contributed by atoms with Gasteiger partial charge in [-0.1, -0.05) is 60.2 Å². The molecule has 5 heterocycles. The van der Waals surface area contributed by atoms with E-state index in [1.165, 1.54) is 11.1 Å². The van der Waals surface area contributed by atoms with Crippen LogP contribution in [0, 0.1) is 6.92 Å². The number of carbonyl (C=O) groups excluding carboxylic acids is 1. The van der Waals surface area contributed by atoms with Crippen molar-refractivity contribution in [3.63, 3.8) is 0 Å². The van der Waals surface area contributed by atoms with Crippen molar-refractivity contribution < 1.29 is 23.8 Å². The van der Waals surface area contributed by atoms with Crippen molar-refractivity contribution in [2.45, 2.75) is 31.7 Å². The van der Waals surface area contributed by atoms with Gasteiger partial charge < -0.3 is 24.4 Å². The van der Waals surface area contributed by atoms with E-state index in [-0.39, 0.29) is 29.4 Å². The Hall–Kier alpha value is -6.78. The highest BCUT2D eigenvalue weighted by molar-refractivity contribution is 5.98. The molecule has 10 heteroatoms. The quantitative estimate of drug-likeness (QED) is 0.125. The van der Waals surface area contributed by atoms with E-state index in [4.69, 9.17) is 18.8 Å². The van der Waals surface area contributed by atoms with Crippen molar-refractivity contribution in [3.05, 3.63) is 161 Å². The summed E-state index contributed by atoms with van der Waals surface area (Å²) in [6.07, 6.45) is 6.65. The first-order valence-electron chi connectivity index (χ1n) is 18.8. The lowest BCUT2D eigenvalue weighted by Gasteiger charge is -2.29. The predicted molar refractivity (Wildman–Crippen MR) is 214 cm³/mol. The van der Waals surface area contributed by atoms with Crippen LogP contribution in [0.5, 0.6) is 11.5 Å². The van der Waals surface area contributed by atoms with E-state index in [0.717, 1.165) is 41.5 Å². The van der Waals surface area contributed by atoms with Crippen molar-refractivity contribution in [2.75, 3.05) is 19.6 Å². The maximum atomic E-state index is 13.2. The number of phenols is 2. The first kappa shape index (κ1) is 35.0. The summed E-state index contributed by atoms with van der Waals surface area (Å²) in [5, 5.41) is 25.9. The lowest BCUT2D eigenvalue weighted by Crippen LogP contribution is -2.27. The molecule has 278 valence electrons. The molecule has 1 aliphatic rings. The topological polar surface area (TPSA) is 138 Å². The van der Waals surface area contributed by atoms with Gasteiger partial charge in [0.2, 0.25) is 0 Å². The number of furan rings is 2. The zero-order valence-corrected chi connectivity index (χ0v) is 30.7. The number of amides is 1. The summed E-state index contributed by atoms with van der Waals surface area (Å²) in [6.45, 7) is 4.01. The number of nitrogens with one attached hydrogen (secondary N) is 1. The molecule has 56 heavy (non-hydrogen) atoms. The van der Waals surface area contributed by atoms with Crippen LogP contribution in [0.3, 0.4) is 0 Å². The van der Waals surface area contributed by atoms with Crippen molar-refractivity contribution in [1.82, 2.24) is 25.2 Å². The summed E-state index contributed by atoms with van der Waals surface area (Å²) >= 11 is 0. The van der Waals surface area contributed by atoms with Crippen LogP contribution in [0.2, 0.25) is 0 Å². The molecule has 0 saturated carbocycles. The third-order valence-electron chi connectivity index (χ3n) is 10.7. The molecule has 8 aromatic rings. The number of hydrogen-bond acceptors (Lipinski definition) is 9.